The summed E-state index contributed by atoms with van der Waals surface area (Å²) in [6.07, 6.45) is 3.34. The van der Waals surface area contributed by atoms with E-state index in [4.69, 9.17) is 16.3 Å². The Bertz CT molecular complexity index is 1090. The van der Waals surface area contributed by atoms with Crippen molar-refractivity contribution in [1.82, 2.24) is 14.9 Å². The van der Waals surface area contributed by atoms with Crippen molar-refractivity contribution < 1.29 is 9.53 Å². The molecule has 29 heavy (non-hydrogen) atoms. The minimum absolute atomic E-state index is 0.0691. The molecule has 0 saturated carbocycles. The van der Waals surface area contributed by atoms with Crippen LogP contribution in [0.1, 0.15) is 5.56 Å². The van der Waals surface area contributed by atoms with Crippen LogP contribution in [0.2, 0.25) is 5.02 Å². The minimum Gasteiger partial charge on any atom is -0.481 e. The van der Waals surface area contributed by atoms with Crippen molar-refractivity contribution in [3.63, 3.8) is 0 Å². The monoisotopic (exact) mass is 407 g/mol. The molecule has 0 atom stereocenters. The lowest BCUT2D eigenvalue weighted by atomic mass is 10.2. The summed E-state index contributed by atoms with van der Waals surface area (Å²) >= 11 is 6.20. The zero-order valence-corrected chi connectivity index (χ0v) is 16.3. The topological polar surface area (TPSA) is 82.4 Å². The van der Waals surface area contributed by atoms with Crippen molar-refractivity contribution in [1.29, 1.82) is 5.26 Å². The lowest BCUT2D eigenvalue weighted by Crippen LogP contribution is -2.50. The summed E-state index contributed by atoms with van der Waals surface area (Å²) in [7, 11) is 0. The molecule has 1 aliphatic heterocycles. The SMILES string of the molecule is N#Cc1cccnc1N1CCN(C(=O)COc2ccc(Cl)c3cccnc23)CC1. The van der Waals surface area contributed by atoms with Crippen molar-refractivity contribution in [2.24, 2.45) is 0 Å². The van der Waals surface area contributed by atoms with E-state index in [2.05, 4.69) is 16.0 Å². The molecule has 0 N–H and O–H groups in total. The van der Waals surface area contributed by atoms with E-state index in [1.54, 1.807) is 41.6 Å². The Kier molecular flexibility index (Phi) is 5.45. The van der Waals surface area contributed by atoms with Crippen LogP contribution >= 0.6 is 11.6 Å². The second-order valence-electron chi connectivity index (χ2n) is 6.59. The Morgan fingerprint density at radius 2 is 1.86 bits per heavy atom. The van der Waals surface area contributed by atoms with Gasteiger partial charge >= 0.3 is 0 Å². The van der Waals surface area contributed by atoms with Gasteiger partial charge in [0, 0.05) is 44.0 Å². The fourth-order valence-corrected chi connectivity index (χ4v) is 3.58. The molecule has 0 bridgehead atoms. The van der Waals surface area contributed by atoms with E-state index < -0.39 is 0 Å². The molecule has 0 aliphatic carbocycles. The lowest BCUT2D eigenvalue weighted by molar-refractivity contribution is -0.133. The van der Waals surface area contributed by atoms with Crippen molar-refractivity contribution >= 4 is 34.2 Å². The summed E-state index contributed by atoms with van der Waals surface area (Å²) in [5.41, 5.74) is 1.18. The van der Waals surface area contributed by atoms with E-state index in [1.165, 1.54) is 0 Å². The first-order valence-corrected chi connectivity index (χ1v) is 9.59. The van der Waals surface area contributed by atoms with Gasteiger partial charge in [-0.05, 0) is 36.4 Å². The molecule has 1 fully saturated rings. The van der Waals surface area contributed by atoms with E-state index >= 15 is 0 Å². The number of pyridine rings is 2. The number of amides is 1. The third kappa shape index (κ3) is 3.93. The number of hydrogen-bond donors (Lipinski definition) is 0. The van der Waals surface area contributed by atoms with Gasteiger partial charge in [0.1, 0.15) is 23.2 Å². The quantitative estimate of drug-likeness (QED) is 0.661. The summed E-state index contributed by atoms with van der Waals surface area (Å²) in [6, 6.07) is 12.8. The number of anilines is 1. The number of hydrogen-bond acceptors (Lipinski definition) is 6. The first-order valence-electron chi connectivity index (χ1n) is 9.21. The molecule has 0 radical (unpaired) electrons. The van der Waals surface area contributed by atoms with Crippen molar-refractivity contribution in [3.05, 3.63) is 59.4 Å². The Morgan fingerprint density at radius 1 is 1.10 bits per heavy atom. The van der Waals surface area contributed by atoms with Gasteiger partial charge in [0.25, 0.3) is 5.91 Å². The van der Waals surface area contributed by atoms with Crippen molar-refractivity contribution in [2.75, 3.05) is 37.7 Å². The summed E-state index contributed by atoms with van der Waals surface area (Å²) in [6.45, 7) is 2.25. The number of nitrogens with zero attached hydrogens (tertiary/aromatic N) is 5. The molecule has 4 rings (SSSR count). The van der Waals surface area contributed by atoms with Gasteiger partial charge in [-0.3, -0.25) is 9.78 Å². The first-order chi connectivity index (χ1) is 14.2. The molecule has 1 saturated heterocycles. The van der Waals surface area contributed by atoms with E-state index in [1.807, 2.05) is 17.0 Å². The molecule has 7 nitrogen and oxygen atoms in total. The van der Waals surface area contributed by atoms with Crippen molar-refractivity contribution in [2.45, 2.75) is 0 Å². The van der Waals surface area contributed by atoms with Crippen LogP contribution in [0.15, 0.2) is 48.8 Å². The van der Waals surface area contributed by atoms with Gasteiger partial charge in [-0.1, -0.05) is 11.6 Å². The van der Waals surface area contributed by atoms with E-state index in [0.717, 1.165) is 5.39 Å². The number of carbonyl (C=O) groups is 1. The summed E-state index contributed by atoms with van der Waals surface area (Å²) in [5, 5.41) is 10.6. The van der Waals surface area contributed by atoms with Crippen LogP contribution in [0.5, 0.6) is 5.75 Å². The predicted molar refractivity (Wildman–Crippen MR) is 110 cm³/mol. The maximum atomic E-state index is 12.6. The van der Waals surface area contributed by atoms with Gasteiger partial charge in [0.2, 0.25) is 0 Å². The summed E-state index contributed by atoms with van der Waals surface area (Å²) in [4.78, 5) is 25.0. The number of nitriles is 1. The number of halogens is 1. The number of piperazine rings is 1. The van der Waals surface area contributed by atoms with Crippen LogP contribution in [0.25, 0.3) is 10.9 Å². The molecule has 0 spiro atoms. The number of benzene rings is 1. The smallest absolute Gasteiger partial charge is 0.260 e. The van der Waals surface area contributed by atoms with Gasteiger partial charge in [-0.25, -0.2) is 4.98 Å². The van der Waals surface area contributed by atoms with Crippen molar-refractivity contribution in [3.8, 4) is 11.8 Å². The highest BCUT2D eigenvalue weighted by Crippen LogP contribution is 2.29. The Labute approximate surface area is 173 Å². The second kappa shape index (κ2) is 8.33. The molecule has 3 aromatic rings. The summed E-state index contributed by atoms with van der Waals surface area (Å²) < 4.78 is 5.76. The molecule has 1 aliphatic rings. The van der Waals surface area contributed by atoms with Crippen LogP contribution < -0.4 is 9.64 Å². The van der Waals surface area contributed by atoms with Gasteiger partial charge in [0.05, 0.1) is 10.6 Å². The van der Waals surface area contributed by atoms with E-state index in [-0.39, 0.29) is 12.5 Å². The third-order valence-electron chi connectivity index (χ3n) is 4.87. The molecular formula is C21H18ClN5O2. The highest BCUT2D eigenvalue weighted by molar-refractivity contribution is 6.35. The molecule has 3 heterocycles. The lowest BCUT2D eigenvalue weighted by Gasteiger charge is -2.35. The number of carbonyl (C=O) groups excluding carboxylic acids is 1. The highest BCUT2D eigenvalue weighted by atomic mass is 35.5. The predicted octanol–water partition coefficient (Wildman–Crippen LogP) is 2.88. The molecule has 0 unspecified atom stereocenters. The number of aromatic nitrogens is 2. The Hall–Kier alpha value is -3.37. The zero-order valence-electron chi connectivity index (χ0n) is 15.6. The van der Waals surface area contributed by atoms with Gasteiger partial charge in [-0.15, -0.1) is 0 Å². The fourth-order valence-electron chi connectivity index (χ4n) is 3.36. The van der Waals surface area contributed by atoms with Crippen LogP contribution in [0.3, 0.4) is 0 Å². The number of ether oxygens (including phenoxy) is 1. The Balaban J connectivity index is 1.38. The van der Waals surface area contributed by atoms with Crippen LogP contribution in [0.4, 0.5) is 5.82 Å². The standard InChI is InChI=1S/C21H18ClN5O2/c22-17-5-6-18(20-16(17)4-2-7-24-20)29-14-19(28)26-9-11-27(12-10-26)21-15(13-23)3-1-8-25-21/h1-8H,9-12,14H2. The molecule has 2 aromatic heterocycles. The van der Waals surface area contributed by atoms with E-state index in [0.29, 0.717) is 53.8 Å². The first kappa shape index (κ1) is 19.0. The number of rotatable bonds is 4. The fraction of sp³-hybridized carbons (Fsp3) is 0.238. The molecule has 8 heteroatoms. The largest absolute Gasteiger partial charge is 0.481 e. The van der Waals surface area contributed by atoms with Gasteiger partial charge in [0.15, 0.2) is 6.61 Å². The van der Waals surface area contributed by atoms with Gasteiger partial charge in [-0.2, -0.15) is 5.26 Å². The van der Waals surface area contributed by atoms with Crippen LogP contribution in [0, 0.1) is 11.3 Å². The minimum atomic E-state index is -0.0924. The average Bonchev–Trinajstić information content (AvgIpc) is 2.79. The third-order valence-corrected chi connectivity index (χ3v) is 5.20. The van der Waals surface area contributed by atoms with E-state index in [9.17, 15) is 10.1 Å². The molecule has 146 valence electrons. The highest BCUT2D eigenvalue weighted by Gasteiger charge is 2.23. The maximum Gasteiger partial charge on any atom is 0.260 e. The molecule has 1 aromatic carbocycles. The maximum absolute atomic E-state index is 12.6. The zero-order chi connectivity index (χ0) is 20.2. The van der Waals surface area contributed by atoms with Crippen LogP contribution in [-0.4, -0.2) is 53.6 Å². The second-order valence-corrected chi connectivity index (χ2v) is 7.00. The average molecular weight is 408 g/mol. The molecule has 1 amide bonds. The van der Waals surface area contributed by atoms with Crippen LogP contribution in [-0.2, 0) is 4.79 Å². The Morgan fingerprint density at radius 3 is 2.66 bits per heavy atom. The summed E-state index contributed by atoms with van der Waals surface area (Å²) in [5.74, 6) is 1.10. The van der Waals surface area contributed by atoms with Gasteiger partial charge < -0.3 is 14.5 Å². The number of fused-ring (bicyclic) bond motifs is 1. The normalized spacial score (nSPS) is 13.9. The molecular weight excluding hydrogens is 390 g/mol.